The number of aromatic nitrogens is 5. The minimum Gasteiger partial charge on any atom is -0.380 e. The number of ether oxygens (including phenoxy) is 1. The number of pyridine rings is 1. The van der Waals surface area contributed by atoms with Gasteiger partial charge in [0.15, 0.2) is 0 Å². The highest BCUT2D eigenvalue weighted by Crippen LogP contribution is 2.34. The number of aromatic amines is 1. The molecule has 1 amide bonds. The first-order chi connectivity index (χ1) is 15.6. The van der Waals surface area contributed by atoms with Gasteiger partial charge in [-0.1, -0.05) is 0 Å². The van der Waals surface area contributed by atoms with Crippen molar-refractivity contribution in [3.05, 3.63) is 84.8 Å². The molecular weight excluding hydrogens is 411 g/mol. The Kier molecular flexibility index (Phi) is 5.24. The van der Waals surface area contributed by atoms with Crippen LogP contribution in [0, 0.1) is 5.82 Å². The van der Waals surface area contributed by atoms with Crippen LogP contribution < -0.4 is 0 Å². The topological polar surface area (TPSA) is 88.9 Å². The van der Waals surface area contributed by atoms with Crippen LogP contribution in [0.15, 0.2) is 67.5 Å². The van der Waals surface area contributed by atoms with Crippen molar-refractivity contribution in [1.29, 1.82) is 0 Å². The highest BCUT2D eigenvalue weighted by Gasteiger charge is 2.39. The van der Waals surface area contributed by atoms with Crippen molar-refractivity contribution in [3.63, 3.8) is 0 Å². The van der Waals surface area contributed by atoms with Crippen LogP contribution in [0.25, 0.3) is 16.9 Å². The third kappa shape index (κ3) is 3.67. The number of methoxy groups -OCH3 is 1. The number of carbonyl (C=O) groups is 1. The lowest BCUT2D eigenvalue weighted by Crippen LogP contribution is -2.33. The summed E-state index contributed by atoms with van der Waals surface area (Å²) in [5.74, 6) is 0.145. The third-order valence-corrected chi connectivity index (χ3v) is 5.70. The summed E-state index contributed by atoms with van der Waals surface area (Å²) >= 11 is 0. The molecule has 1 saturated heterocycles. The molecule has 4 heterocycles. The number of H-pyrrole nitrogens is 1. The van der Waals surface area contributed by atoms with Crippen LogP contribution in [0.4, 0.5) is 4.39 Å². The molecule has 1 aliphatic rings. The summed E-state index contributed by atoms with van der Waals surface area (Å²) in [6, 6.07) is 9.45. The van der Waals surface area contributed by atoms with Crippen LogP contribution in [-0.2, 0) is 4.74 Å². The fourth-order valence-corrected chi connectivity index (χ4v) is 4.03. The predicted octanol–water partition coefficient (Wildman–Crippen LogP) is 3.40. The van der Waals surface area contributed by atoms with Gasteiger partial charge in [-0.15, -0.1) is 0 Å². The van der Waals surface area contributed by atoms with Crippen molar-refractivity contribution in [1.82, 2.24) is 29.4 Å². The number of nitrogens with zero attached hydrogens (tertiary/aromatic N) is 5. The van der Waals surface area contributed by atoms with Gasteiger partial charge in [0.1, 0.15) is 17.3 Å². The molecule has 1 aliphatic heterocycles. The first-order valence-corrected chi connectivity index (χ1v) is 10.2. The lowest BCUT2D eigenvalue weighted by molar-refractivity contribution is 0.0677. The van der Waals surface area contributed by atoms with Crippen molar-refractivity contribution < 1.29 is 13.9 Å². The summed E-state index contributed by atoms with van der Waals surface area (Å²) in [5.41, 5.74) is 2.79. The molecule has 0 bridgehead atoms. The third-order valence-electron chi connectivity index (χ3n) is 5.70. The van der Waals surface area contributed by atoms with E-state index in [-0.39, 0.29) is 23.9 Å². The second-order valence-corrected chi connectivity index (χ2v) is 7.62. The lowest BCUT2D eigenvalue weighted by Gasteiger charge is -2.23. The highest BCUT2D eigenvalue weighted by atomic mass is 19.1. The number of rotatable bonds is 5. The minimum absolute atomic E-state index is 0.113. The molecule has 5 rings (SSSR count). The first kappa shape index (κ1) is 20.1. The summed E-state index contributed by atoms with van der Waals surface area (Å²) in [5, 5.41) is 0. The molecule has 3 aromatic heterocycles. The Morgan fingerprint density at radius 1 is 1.16 bits per heavy atom. The number of halogens is 1. The van der Waals surface area contributed by atoms with E-state index < -0.39 is 0 Å². The average molecular weight is 432 g/mol. The van der Waals surface area contributed by atoms with Crippen LogP contribution in [0.1, 0.15) is 28.8 Å². The maximum atomic E-state index is 13.6. The minimum atomic E-state index is -0.341. The molecule has 0 saturated carbocycles. The van der Waals surface area contributed by atoms with E-state index in [1.807, 2.05) is 12.1 Å². The molecular formula is C23H21FN6O2. The molecule has 0 radical (unpaired) electrons. The Hall–Kier alpha value is -3.85. The number of likely N-dealkylation sites (tertiary alicyclic amines) is 1. The fourth-order valence-electron chi connectivity index (χ4n) is 4.03. The van der Waals surface area contributed by atoms with Gasteiger partial charge in [-0.25, -0.2) is 14.4 Å². The normalized spacial score (nSPS) is 18.2. The number of nitrogens with one attached hydrogen (secondary N) is 1. The molecule has 1 fully saturated rings. The average Bonchev–Trinajstić information content (AvgIpc) is 3.59. The van der Waals surface area contributed by atoms with Gasteiger partial charge in [0, 0.05) is 43.7 Å². The zero-order chi connectivity index (χ0) is 22.1. The summed E-state index contributed by atoms with van der Waals surface area (Å²) in [7, 11) is 1.64. The van der Waals surface area contributed by atoms with E-state index in [9.17, 15) is 9.18 Å². The van der Waals surface area contributed by atoms with Gasteiger partial charge in [-0.3, -0.25) is 14.3 Å². The molecule has 32 heavy (non-hydrogen) atoms. The summed E-state index contributed by atoms with van der Waals surface area (Å²) in [6.07, 6.45) is 8.79. The Bertz CT molecular complexity index is 1220. The molecule has 2 atom stereocenters. The number of benzene rings is 1. The van der Waals surface area contributed by atoms with E-state index in [4.69, 9.17) is 4.74 Å². The molecule has 2 unspecified atom stereocenters. The van der Waals surface area contributed by atoms with E-state index in [0.717, 1.165) is 11.3 Å². The van der Waals surface area contributed by atoms with Crippen molar-refractivity contribution in [2.45, 2.75) is 18.6 Å². The van der Waals surface area contributed by atoms with Crippen molar-refractivity contribution in [2.75, 3.05) is 13.7 Å². The van der Waals surface area contributed by atoms with E-state index in [0.29, 0.717) is 30.2 Å². The molecule has 0 spiro atoms. The molecule has 1 N–H and O–H groups in total. The van der Waals surface area contributed by atoms with E-state index in [2.05, 4.69) is 19.9 Å². The van der Waals surface area contributed by atoms with Gasteiger partial charge in [0.25, 0.3) is 5.91 Å². The zero-order valence-corrected chi connectivity index (χ0v) is 17.4. The summed E-state index contributed by atoms with van der Waals surface area (Å²) in [6.45, 7) is 0.428. The fraction of sp³-hybridized carbons (Fsp3) is 0.217. The lowest BCUT2D eigenvalue weighted by atomic mass is 10.2. The quantitative estimate of drug-likeness (QED) is 0.522. The van der Waals surface area contributed by atoms with Gasteiger partial charge < -0.3 is 14.6 Å². The molecule has 8 nitrogen and oxygen atoms in total. The van der Waals surface area contributed by atoms with Gasteiger partial charge in [-0.2, -0.15) is 0 Å². The monoisotopic (exact) mass is 432 g/mol. The maximum Gasteiger partial charge on any atom is 0.273 e. The molecule has 4 aromatic rings. The largest absolute Gasteiger partial charge is 0.380 e. The van der Waals surface area contributed by atoms with E-state index in [1.165, 1.54) is 18.3 Å². The second-order valence-electron chi connectivity index (χ2n) is 7.62. The van der Waals surface area contributed by atoms with Crippen molar-refractivity contribution in [2.24, 2.45) is 0 Å². The number of carbonyl (C=O) groups excluding carboxylic acids is 1. The Balaban J connectivity index is 1.46. The molecule has 0 aliphatic carbocycles. The van der Waals surface area contributed by atoms with Crippen LogP contribution in [0.5, 0.6) is 0 Å². The van der Waals surface area contributed by atoms with Gasteiger partial charge in [0.05, 0.1) is 36.6 Å². The van der Waals surface area contributed by atoms with Crippen molar-refractivity contribution >= 4 is 5.91 Å². The van der Waals surface area contributed by atoms with E-state index >= 15 is 0 Å². The first-order valence-electron chi connectivity index (χ1n) is 10.2. The summed E-state index contributed by atoms with van der Waals surface area (Å²) < 4.78 is 20.6. The van der Waals surface area contributed by atoms with Crippen LogP contribution in [0.2, 0.25) is 0 Å². The predicted molar refractivity (Wildman–Crippen MR) is 115 cm³/mol. The molecule has 162 valence electrons. The maximum absolute atomic E-state index is 13.6. The van der Waals surface area contributed by atoms with E-state index in [1.54, 1.807) is 53.6 Å². The molecule has 1 aromatic carbocycles. The van der Waals surface area contributed by atoms with Gasteiger partial charge in [0.2, 0.25) is 0 Å². The zero-order valence-electron chi connectivity index (χ0n) is 17.4. The Morgan fingerprint density at radius 2 is 2.00 bits per heavy atom. The molecule has 9 heteroatoms. The second kappa shape index (κ2) is 8.35. The number of imidazole rings is 2. The van der Waals surface area contributed by atoms with Crippen molar-refractivity contribution in [3.8, 4) is 16.9 Å². The van der Waals surface area contributed by atoms with Crippen LogP contribution in [-0.4, -0.2) is 55.1 Å². The Labute approximate surface area is 183 Å². The van der Waals surface area contributed by atoms with Gasteiger partial charge >= 0.3 is 0 Å². The number of hydrogen-bond donors (Lipinski definition) is 1. The Morgan fingerprint density at radius 3 is 2.75 bits per heavy atom. The van der Waals surface area contributed by atoms with Crippen LogP contribution >= 0.6 is 0 Å². The highest BCUT2D eigenvalue weighted by molar-refractivity contribution is 5.93. The number of amides is 1. The standard InChI is InChI=1S/C23H21FN6O2/c1-32-18-9-20(22-27-11-19(28-22)15-3-2-8-25-10-15)29(13-18)23(31)21-12-26-14-30(21)17-6-4-16(24)5-7-17/h2-8,10-12,14,18,20H,9,13H2,1H3,(H,27,28). The SMILES string of the molecule is COC1CC(c2ncc(-c3cccnc3)[nH]2)N(C(=O)c2cncn2-c2ccc(F)cc2)C1. The smallest absolute Gasteiger partial charge is 0.273 e. The number of hydrogen-bond acceptors (Lipinski definition) is 5. The summed E-state index contributed by atoms with van der Waals surface area (Å²) in [4.78, 5) is 31.5. The van der Waals surface area contributed by atoms with Crippen LogP contribution in [0.3, 0.4) is 0 Å². The van der Waals surface area contributed by atoms with Gasteiger partial charge in [-0.05, 0) is 36.4 Å².